The minimum atomic E-state index is -0.264. The molecular weight excluding hydrogens is 366 g/mol. The number of nitrogens with zero attached hydrogens (tertiary/aromatic N) is 3. The van der Waals surface area contributed by atoms with E-state index in [2.05, 4.69) is 16.4 Å². The molecule has 2 heterocycles. The van der Waals surface area contributed by atoms with Gasteiger partial charge in [-0.05, 0) is 42.0 Å². The van der Waals surface area contributed by atoms with Gasteiger partial charge in [0.1, 0.15) is 5.82 Å². The monoisotopic (exact) mass is 387 g/mol. The van der Waals surface area contributed by atoms with Crippen LogP contribution in [0, 0.1) is 23.2 Å². The maximum absolute atomic E-state index is 12.2. The number of aryl methyl sites for hydroxylation is 1. The number of nitrogens with two attached hydrogens (primary N) is 1. The number of anilines is 2. The molecule has 2 atom stereocenters. The first kappa shape index (κ1) is 18.7. The van der Waals surface area contributed by atoms with Crippen molar-refractivity contribution in [2.45, 2.75) is 19.8 Å². The number of rotatable bonds is 4. The van der Waals surface area contributed by atoms with Crippen molar-refractivity contribution in [3.63, 3.8) is 0 Å². The molecule has 1 aliphatic carbocycles. The zero-order valence-corrected chi connectivity index (χ0v) is 16.3. The van der Waals surface area contributed by atoms with Gasteiger partial charge in [-0.3, -0.25) is 9.59 Å². The SMILES string of the molecule is CCc1ccc(=O)n(C)c1-c1cc(N)c2cnc(NC(=O)[C@@H]3C[C@H]3C#N)cc2c1. The standard InChI is InChI=1S/C22H21N5O2/c1-3-12-4-5-20(28)27(2)21(12)14-6-13-9-19(25-11-17(13)18(24)8-14)26-22(29)16-7-15(16)10-23/h4-6,8-9,11,15-16H,3,7,24H2,1-2H3,(H,25,26,29)/t15-,16+/m0/s1. The number of hydrogen-bond acceptors (Lipinski definition) is 5. The van der Waals surface area contributed by atoms with Crippen LogP contribution in [-0.4, -0.2) is 15.5 Å². The van der Waals surface area contributed by atoms with Crippen LogP contribution in [0.2, 0.25) is 0 Å². The van der Waals surface area contributed by atoms with Gasteiger partial charge < -0.3 is 15.6 Å². The lowest BCUT2D eigenvalue weighted by molar-refractivity contribution is -0.117. The molecule has 146 valence electrons. The Morgan fingerprint density at radius 2 is 2.17 bits per heavy atom. The normalized spacial score (nSPS) is 17.7. The minimum Gasteiger partial charge on any atom is -0.398 e. The van der Waals surface area contributed by atoms with Crippen LogP contribution in [0.4, 0.5) is 11.5 Å². The van der Waals surface area contributed by atoms with E-state index in [-0.39, 0.29) is 23.3 Å². The van der Waals surface area contributed by atoms with Crippen molar-refractivity contribution in [2.24, 2.45) is 18.9 Å². The molecule has 29 heavy (non-hydrogen) atoms. The Morgan fingerprint density at radius 3 is 2.86 bits per heavy atom. The van der Waals surface area contributed by atoms with Gasteiger partial charge >= 0.3 is 0 Å². The molecule has 1 aliphatic rings. The number of carbonyl (C=O) groups excluding carboxylic acids is 1. The van der Waals surface area contributed by atoms with Crippen LogP contribution in [0.5, 0.6) is 0 Å². The summed E-state index contributed by atoms with van der Waals surface area (Å²) in [6.45, 7) is 2.04. The number of hydrogen-bond donors (Lipinski definition) is 2. The summed E-state index contributed by atoms with van der Waals surface area (Å²) >= 11 is 0. The molecule has 4 rings (SSSR count). The maximum Gasteiger partial charge on any atom is 0.250 e. The molecule has 0 bridgehead atoms. The van der Waals surface area contributed by atoms with Crippen LogP contribution in [0.25, 0.3) is 22.0 Å². The van der Waals surface area contributed by atoms with Crippen molar-refractivity contribution in [1.29, 1.82) is 5.26 Å². The zero-order valence-electron chi connectivity index (χ0n) is 16.3. The van der Waals surface area contributed by atoms with E-state index < -0.39 is 0 Å². The average molecular weight is 387 g/mol. The Balaban J connectivity index is 1.77. The predicted octanol–water partition coefficient (Wildman–Crippen LogP) is 2.84. The smallest absolute Gasteiger partial charge is 0.250 e. The van der Waals surface area contributed by atoms with E-state index in [1.165, 1.54) is 0 Å². The van der Waals surface area contributed by atoms with Gasteiger partial charge in [0.15, 0.2) is 0 Å². The minimum absolute atomic E-state index is 0.0879. The Morgan fingerprint density at radius 1 is 1.38 bits per heavy atom. The molecule has 3 aromatic rings. The number of benzene rings is 1. The van der Waals surface area contributed by atoms with E-state index in [1.807, 2.05) is 25.1 Å². The topological polar surface area (TPSA) is 114 Å². The Labute approximate surface area is 167 Å². The Bertz CT molecular complexity index is 1240. The number of fused-ring (bicyclic) bond motifs is 1. The van der Waals surface area contributed by atoms with E-state index >= 15 is 0 Å². The van der Waals surface area contributed by atoms with Crippen LogP contribution in [0.3, 0.4) is 0 Å². The molecular formula is C22H21N5O2. The van der Waals surface area contributed by atoms with Gasteiger partial charge in [0.25, 0.3) is 5.56 Å². The molecule has 1 fully saturated rings. The van der Waals surface area contributed by atoms with Gasteiger partial charge in [0.05, 0.1) is 23.6 Å². The van der Waals surface area contributed by atoms with E-state index in [4.69, 9.17) is 11.0 Å². The quantitative estimate of drug-likeness (QED) is 0.668. The largest absolute Gasteiger partial charge is 0.398 e. The summed E-state index contributed by atoms with van der Waals surface area (Å²) in [6, 6.07) is 11.1. The van der Waals surface area contributed by atoms with E-state index in [0.29, 0.717) is 17.9 Å². The lowest BCUT2D eigenvalue weighted by Crippen LogP contribution is -2.18. The number of aromatic nitrogens is 2. The molecule has 0 unspecified atom stereocenters. The van der Waals surface area contributed by atoms with Crippen molar-refractivity contribution in [3.05, 3.63) is 52.4 Å². The Hall–Kier alpha value is -3.66. The molecule has 7 heteroatoms. The highest BCUT2D eigenvalue weighted by atomic mass is 16.2. The van der Waals surface area contributed by atoms with Crippen LogP contribution in [0.15, 0.2) is 41.3 Å². The summed E-state index contributed by atoms with van der Waals surface area (Å²) in [6.07, 6.45) is 3.00. The third-order valence-electron chi connectivity index (χ3n) is 5.46. The highest BCUT2D eigenvalue weighted by Gasteiger charge is 2.43. The number of amides is 1. The van der Waals surface area contributed by atoms with E-state index in [1.54, 1.807) is 29.9 Å². The lowest BCUT2D eigenvalue weighted by Gasteiger charge is -2.15. The number of nitrogens with one attached hydrogen (secondary N) is 1. The second-order valence-electron chi connectivity index (χ2n) is 7.38. The lowest BCUT2D eigenvalue weighted by atomic mass is 9.99. The number of nitriles is 1. The van der Waals surface area contributed by atoms with Crippen molar-refractivity contribution in [2.75, 3.05) is 11.1 Å². The highest BCUT2D eigenvalue weighted by molar-refractivity contribution is 6.00. The third-order valence-corrected chi connectivity index (χ3v) is 5.46. The number of pyridine rings is 2. The fourth-order valence-corrected chi connectivity index (χ4v) is 3.69. The maximum atomic E-state index is 12.2. The predicted molar refractivity (Wildman–Crippen MR) is 112 cm³/mol. The van der Waals surface area contributed by atoms with Gasteiger partial charge in [-0.15, -0.1) is 0 Å². The van der Waals surface area contributed by atoms with Gasteiger partial charge in [-0.25, -0.2) is 4.98 Å². The first-order valence-electron chi connectivity index (χ1n) is 9.52. The fourth-order valence-electron chi connectivity index (χ4n) is 3.69. The molecule has 0 spiro atoms. The highest BCUT2D eigenvalue weighted by Crippen LogP contribution is 2.38. The van der Waals surface area contributed by atoms with Crippen molar-refractivity contribution in [3.8, 4) is 17.3 Å². The summed E-state index contributed by atoms with van der Waals surface area (Å²) in [4.78, 5) is 28.7. The summed E-state index contributed by atoms with van der Waals surface area (Å²) in [5, 5.41) is 13.3. The average Bonchev–Trinajstić information content (AvgIpc) is 3.49. The van der Waals surface area contributed by atoms with Gasteiger partial charge in [0.2, 0.25) is 5.91 Å². The summed E-state index contributed by atoms with van der Waals surface area (Å²) < 4.78 is 1.62. The van der Waals surface area contributed by atoms with Crippen LogP contribution in [0.1, 0.15) is 18.9 Å². The fraction of sp³-hybridized carbons (Fsp3) is 0.273. The van der Waals surface area contributed by atoms with Crippen LogP contribution >= 0.6 is 0 Å². The molecule has 0 aliphatic heterocycles. The summed E-state index contributed by atoms with van der Waals surface area (Å²) in [5.41, 5.74) is 9.44. The zero-order chi connectivity index (χ0) is 20.7. The molecule has 1 aromatic carbocycles. The molecule has 2 aromatic heterocycles. The Kier molecular flexibility index (Phi) is 4.55. The molecule has 0 radical (unpaired) electrons. The first-order valence-corrected chi connectivity index (χ1v) is 9.52. The second kappa shape index (κ2) is 7.06. The van der Waals surface area contributed by atoms with Crippen molar-refractivity contribution >= 4 is 28.2 Å². The second-order valence-corrected chi connectivity index (χ2v) is 7.38. The van der Waals surface area contributed by atoms with Crippen LogP contribution < -0.4 is 16.6 Å². The number of nitrogen functional groups attached to an aromatic ring is 1. The summed E-state index contributed by atoms with van der Waals surface area (Å²) in [7, 11) is 1.75. The van der Waals surface area contributed by atoms with Crippen molar-refractivity contribution in [1.82, 2.24) is 9.55 Å². The number of carbonyl (C=O) groups is 1. The third kappa shape index (κ3) is 3.34. The van der Waals surface area contributed by atoms with E-state index in [9.17, 15) is 9.59 Å². The molecule has 7 nitrogen and oxygen atoms in total. The first-order chi connectivity index (χ1) is 13.9. The van der Waals surface area contributed by atoms with E-state index in [0.717, 1.165) is 34.0 Å². The van der Waals surface area contributed by atoms with Gasteiger partial charge in [-0.1, -0.05) is 13.0 Å². The van der Waals surface area contributed by atoms with Crippen LogP contribution in [-0.2, 0) is 18.3 Å². The molecule has 3 N–H and O–H groups in total. The summed E-state index contributed by atoms with van der Waals surface area (Å²) in [5.74, 6) is -0.240. The van der Waals surface area contributed by atoms with Gasteiger partial charge in [-0.2, -0.15) is 5.26 Å². The van der Waals surface area contributed by atoms with Crippen molar-refractivity contribution < 1.29 is 4.79 Å². The van der Waals surface area contributed by atoms with Gasteiger partial charge in [0, 0.05) is 35.9 Å². The molecule has 1 amide bonds. The molecule has 1 saturated carbocycles. The molecule has 0 saturated heterocycles.